The van der Waals surface area contributed by atoms with Crippen LogP contribution in [0.3, 0.4) is 0 Å². The molecule has 0 aliphatic heterocycles. The molecule has 0 saturated carbocycles. The van der Waals surface area contributed by atoms with E-state index in [4.69, 9.17) is 0 Å². The summed E-state index contributed by atoms with van der Waals surface area (Å²) in [6.07, 6.45) is 25.5. The van der Waals surface area contributed by atoms with Gasteiger partial charge in [0.05, 0.1) is 0 Å². The van der Waals surface area contributed by atoms with Gasteiger partial charge >= 0.3 is 0 Å². The first kappa shape index (κ1) is 29.4. The van der Waals surface area contributed by atoms with Gasteiger partial charge in [-0.3, -0.25) is 4.79 Å². The smallest absolute Gasteiger partial charge is 0.164 e. The summed E-state index contributed by atoms with van der Waals surface area (Å²) in [6, 6.07) is 10.7. The molecule has 1 aromatic carbocycles. The van der Waals surface area contributed by atoms with E-state index >= 15 is 0 Å². The molecule has 35 heavy (non-hydrogen) atoms. The van der Waals surface area contributed by atoms with Crippen LogP contribution in [0.25, 0.3) is 0 Å². The van der Waals surface area contributed by atoms with Gasteiger partial charge in [0, 0.05) is 30.4 Å². The molecule has 2 rings (SSSR count). The van der Waals surface area contributed by atoms with Gasteiger partial charge in [0.15, 0.2) is 5.78 Å². The summed E-state index contributed by atoms with van der Waals surface area (Å²) in [4.78, 5) is 12.9. The van der Waals surface area contributed by atoms with Crippen molar-refractivity contribution in [1.82, 2.24) is 4.57 Å². The highest BCUT2D eigenvalue weighted by molar-refractivity contribution is 5.98. The highest BCUT2D eigenvalue weighted by Crippen LogP contribution is 2.21. The Morgan fingerprint density at radius 1 is 0.686 bits per heavy atom. The van der Waals surface area contributed by atoms with Crippen molar-refractivity contribution in [2.75, 3.05) is 0 Å². The number of ketones is 1. The third-order valence-corrected chi connectivity index (χ3v) is 7.53. The maximum absolute atomic E-state index is 12.9. The minimum Gasteiger partial charge on any atom is -0.351 e. The fourth-order valence-corrected chi connectivity index (χ4v) is 5.36. The highest BCUT2D eigenvalue weighted by Gasteiger charge is 2.16. The van der Waals surface area contributed by atoms with E-state index in [0.29, 0.717) is 12.2 Å². The predicted octanol–water partition coefficient (Wildman–Crippen LogP) is 10.2. The van der Waals surface area contributed by atoms with Gasteiger partial charge in [-0.1, -0.05) is 127 Å². The van der Waals surface area contributed by atoms with Gasteiger partial charge in [-0.15, -0.1) is 0 Å². The maximum Gasteiger partial charge on any atom is 0.164 e. The lowest BCUT2D eigenvalue weighted by Crippen LogP contribution is -2.05. The van der Waals surface area contributed by atoms with E-state index in [9.17, 15) is 4.79 Å². The van der Waals surface area contributed by atoms with E-state index in [-0.39, 0.29) is 0 Å². The number of benzene rings is 1. The van der Waals surface area contributed by atoms with E-state index in [2.05, 4.69) is 61.9 Å². The SMILES string of the molecule is CCCCCCCCCCCCCCCCCC(=O)c1c(C)cn(CCCc2ccccc2)c1C. The lowest BCUT2D eigenvalue weighted by Gasteiger charge is -2.08. The van der Waals surface area contributed by atoms with E-state index < -0.39 is 0 Å². The number of nitrogens with zero attached hydrogens (tertiary/aromatic N) is 1. The second-order valence-corrected chi connectivity index (χ2v) is 10.7. The second-order valence-electron chi connectivity index (χ2n) is 10.7. The van der Waals surface area contributed by atoms with Crippen molar-refractivity contribution in [3.63, 3.8) is 0 Å². The van der Waals surface area contributed by atoms with Crippen molar-refractivity contribution < 1.29 is 4.79 Å². The van der Waals surface area contributed by atoms with Crippen molar-refractivity contribution in [3.8, 4) is 0 Å². The third kappa shape index (κ3) is 12.1. The Morgan fingerprint density at radius 2 is 1.20 bits per heavy atom. The van der Waals surface area contributed by atoms with Crippen LogP contribution in [-0.2, 0) is 13.0 Å². The minimum absolute atomic E-state index is 0.344. The number of unbranched alkanes of at least 4 members (excludes halogenated alkanes) is 14. The summed E-state index contributed by atoms with van der Waals surface area (Å²) >= 11 is 0. The van der Waals surface area contributed by atoms with Gasteiger partial charge in [0.2, 0.25) is 0 Å². The van der Waals surface area contributed by atoms with Crippen LogP contribution in [0.2, 0.25) is 0 Å². The van der Waals surface area contributed by atoms with Crippen LogP contribution < -0.4 is 0 Å². The van der Waals surface area contributed by atoms with Gasteiger partial charge < -0.3 is 4.57 Å². The Labute approximate surface area is 216 Å². The predicted molar refractivity (Wildman–Crippen MR) is 153 cm³/mol. The number of aryl methyl sites for hydroxylation is 3. The molecule has 0 spiro atoms. The van der Waals surface area contributed by atoms with Crippen molar-refractivity contribution in [1.29, 1.82) is 0 Å². The van der Waals surface area contributed by atoms with Crippen molar-refractivity contribution >= 4 is 5.78 Å². The van der Waals surface area contributed by atoms with Crippen LogP contribution in [0.5, 0.6) is 0 Å². The Morgan fingerprint density at radius 3 is 1.74 bits per heavy atom. The summed E-state index contributed by atoms with van der Waals surface area (Å²) in [5.74, 6) is 0.344. The topological polar surface area (TPSA) is 22.0 Å². The summed E-state index contributed by atoms with van der Waals surface area (Å²) in [5, 5.41) is 0. The minimum atomic E-state index is 0.344. The quantitative estimate of drug-likeness (QED) is 0.129. The third-order valence-electron chi connectivity index (χ3n) is 7.53. The van der Waals surface area contributed by atoms with Crippen LogP contribution in [0, 0.1) is 13.8 Å². The van der Waals surface area contributed by atoms with Crippen LogP contribution >= 0.6 is 0 Å². The molecule has 0 saturated heterocycles. The van der Waals surface area contributed by atoms with E-state index in [0.717, 1.165) is 42.6 Å². The molecule has 2 aromatic rings. The van der Waals surface area contributed by atoms with Gasteiger partial charge in [0.1, 0.15) is 0 Å². The molecular formula is C33H53NO. The molecule has 0 aliphatic rings. The van der Waals surface area contributed by atoms with E-state index in [1.165, 1.54) is 95.5 Å². The normalized spacial score (nSPS) is 11.3. The van der Waals surface area contributed by atoms with E-state index in [1.54, 1.807) is 0 Å². The Bertz CT molecular complexity index is 804. The molecule has 0 fully saturated rings. The first-order valence-electron chi connectivity index (χ1n) is 14.9. The molecule has 0 radical (unpaired) electrons. The van der Waals surface area contributed by atoms with Crippen molar-refractivity contribution in [3.05, 3.63) is 58.9 Å². The summed E-state index contributed by atoms with van der Waals surface area (Å²) in [6.45, 7) is 7.48. The summed E-state index contributed by atoms with van der Waals surface area (Å²) in [7, 11) is 0. The zero-order valence-corrected chi connectivity index (χ0v) is 23.3. The zero-order valence-electron chi connectivity index (χ0n) is 23.3. The van der Waals surface area contributed by atoms with Crippen LogP contribution in [-0.4, -0.2) is 10.4 Å². The van der Waals surface area contributed by atoms with Crippen molar-refractivity contribution in [2.24, 2.45) is 0 Å². The molecule has 1 aromatic heterocycles. The lowest BCUT2D eigenvalue weighted by molar-refractivity contribution is 0.0978. The first-order chi connectivity index (χ1) is 17.1. The van der Waals surface area contributed by atoms with Crippen LogP contribution in [0.15, 0.2) is 36.5 Å². The second kappa shape index (κ2) is 18.4. The number of rotatable bonds is 21. The largest absolute Gasteiger partial charge is 0.351 e. The summed E-state index contributed by atoms with van der Waals surface area (Å²) < 4.78 is 2.29. The molecule has 2 nitrogen and oxygen atoms in total. The molecule has 1 heterocycles. The maximum atomic E-state index is 12.9. The molecular weight excluding hydrogens is 426 g/mol. The molecule has 0 unspecified atom stereocenters. The summed E-state index contributed by atoms with van der Waals surface area (Å²) in [5.41, 5.74) is 4.67. The molecule has 0 bridgehead atoms. The fourth-order valence-electron chi connectivity index (χ4n) is 5.36. The van der Waals surface area contributed by atoms with Crippen LogP contribution in [0.4, 0.5) is 0 Å². The van der Waals surface area contributed by atoms with Crippen molar-refractivity contribution in [2.45, 2.75) is 143 Å². The monoisotopic (exact) mass is 479 g/mol. The number of carbonyl (C=O) groups excluding carboxylic acids is 1. The number of aromatic nitrogens is 1. The number of Topliss-reactive ketones (excluding diaryl/α,β-unsaturated/α-hetero) is 1. The average Bonchev–Trinajstić information content (AvgIpc) is 3.14. The Balaban J connectivity index is 1.51. The molecule has 0 atom stereocenters. The van der Waals surface area contributed by atoms with Crippen LogP contribution in [0.1, 0.15) is 143 Å². The number of hydrogen-bond acceptors (Lipinski definition) is 1. The van der Waals surface area contributed by atoms with Gasteiger partial charge in [-0.25, -0.2) is 0 Å². The fraction of sp³-hybridized carbons (Fsp3) is 0.667. The number of hydrogen-bond donors (Lipinski definition) is 0. The molecule has 0 N–H and O–H groups in total. The standard InChI is InChI=1S/C33H53NO/c1-4-5-6-7-8-9-10-11-12-13-14-15-16-17-21-26-32(35)33-29(2)28-34(30(33)3)27-22-25-31-23-19-18-20-24-31/h18-20,23-24,28H,4-17,21-22,25-27H2,1-3H3. The first-order valence-corrected chi connectivity index (χ1v) is 14.9. The van der Waals surface area contributed by atoms with Gasteiger partial charge in [-0.05, 0) is 44.2 Å². The molecule has 0 amide bonds. The molecule has 196 valence electrons. The molecule has 0 aliphatic carbocycles. The Kier molecular flexibility index (Phi) is 15.5. The highest BCUT2D eigenvalue weighted by atomic mass is 16.1. The zero-order chi connectivity index (χ0) is 25.1. The van der Waals surface area contributed by atoms with Gasteiger partial charge in [0.25, 0.3) is 0 Å². The van der Waals surface area contributed by atoms with Gasteiger partial charge in [-0.2, -0.15) is 0 Å². The Hall–Kier alpha value is -1.83. The molecule has 2 heteroatoms. The lowest BCUT2D eigenvalue weighted by atomic mass is 10.0. The number of carbonyl (C=O) groups is 1. The average molecular weight is 480 g/mol. The van der Waals surface area contributed by atoms with E-state index in [1.807, 2.05) is 0 Å².